The predicted molar refractivity (Wildman–Crippen MR) is 152 cm³/mol. The first-order chi connectivity index (χ1) is 17.8. The summed E-state index contributed by atoms with van der Waals surface area (Å²) in [4.78, 5) is 0. The highest BCUT2D eigenvalue weighted by atomic mass is 35.5. The van der Waals surface area contributed by atoms with Gasteiger partial charge in [0.1, 0.15) is 0 Å². The van der Waals surface area contributed by atoms with Crippen LogP contribution in [0, 0.1) is 0 Å². The third-order valence-electron chi connectivity index (χ3n) is 7.65. The average molecular weight is 479 g/mol. The molecule has 36 heavy (non-hydrogen) atoms. The van der Waals surface area contributed by atoms with Crippen molar-refractivity contribution in [3.63, 3.8) is 0 Å². The van der Waals surface area contributed by atoms with Crippen LogP contribution < -0.4 is 0 Å². The molecule has 0 saturated heterocycles. The lowest BCUT2D eigenvalue weighted by atomic mass is 9.66. The third kappa shape index (κ3) is 2.89. The predicted octanol–water partition coefficient (Wildman–Crippen LogP) is 9.52. The van der Waals surface area contributed by atoms with Gasteiger partial charge in [-0.25, -0.2) is 0 Å². The van der Waals surface area contributed by atoms with Crippen molar-refractivity contribution in [1.82, 2.24) is 0 Å². The first kappa shape index (κ1) is 21.2. The van der Waals surface area contributed by atoms with Gasteiger partial charge in [0.05, 0.1) is 5.41 Å². The Morgan fingerprint density at radius 1 is 0.361 bits per heavy atom. The second-order valence-corrected chi connectivity index (χ2v) is 9.80. The van der Waals surface area contributed by atoms with E-state index in [0.717, 1.165) is 16.1 Å². The van der Waals surface area contributed by atoms with Crippen LogP contribution in [0.15, 0.2) is 140 Å². The van der Waals surface area contributed by atoms with Crippen LogP contribution in [0.2, 0.25) is 5.02 Å². The van der Waals surface area contributed by atoms with Gasteiger partial charge >= 0.3 is 0 Å². The lowest BCUT2D eigenvalue weighted by Gasteiger charge is -2.35. The number of hydrogen-bond donors (Lipinski definition) is 0. The molecule has 1 aliphatic rings. The molecule has 170 valence electrons. The zero-order valence-electron chi connectivity index (χ0n) is 19.7. The molecule has 6 aromatic rings. The summed E-state index contributed by atoms with van der Waals surface area (Å²) in [6.45, 7) is 0. The minimum Gasteiger partial charge on any atom is -0.0837 e. The Labute approximate surface area is 216 Å². The van der Waals surface area contributed by atoms with E-state index in [9.17, 15) is 0 Å². The van der Waals surface area contributed by atoms with Gasteiger partial charge in [-0.15, -0.1) is 0 Å². The third-order valence-corrected chi connectivity index (χ3v) is 7.98. The fourth-order valence-corrected chi connectivity index (χ4v) is 6.46. The highest BCUT2D eigenvalue weighted by Crippen LogP contribution is 2.57. The van der Waals surface area contributed by atoms with E-state index >= 15 is 0 Å². The molecular weight excluding hydrogens is 456 g/mol. The van der Waals surface area contributed by atoms with Crippen LogP contribution in [0.3, 0.4) is 0 Å². The van der Waals surface area contributed by atoms with Crippen LogP contribution >= 0.6 is 11.6 Å². The fourth-order valence-electron chi connectivity index (χ4n) is 6.22. The molecule has 0 nitrogen and oxygen atoms in total. The molecule has 0 atom stereocenters. The quantitative estimate of drug-likeness (QED) is 0.237. The van der Waals surface area contributed by atoms with Gasteiger partial charge in [-0.1, -0.05) is 145 Å². The number of hydrogen-bond acceptors (Lipinski definition) is 0. The summed E-state index contributed by atoms with van der Waals surface area (Å²) in [5, 5.41) is 3.22. The number of benzene rings is 6. The molecule has 0 N–H and O–H groups in total. The molecule has 7 rings (SSSR count). The number of rotatable bonds is 3. The number of halogens is 1. The molecule has 0 amide bonds. The van der Waals surface area contributed by atoms with Gasteiger partial charge in [-0.3, -0.25) is 0 Å². The maximum absolute atomic E-state index is 6.68. The standard InChI is InChI=1S/C35H23Cl/c36-34-21-11-8-18-30(34)26-22-23-33(27-15-5-4-14-25(26)27)35(24-12-2-1-3-13-24)31-19-9-6-16-28(31)29-17-7-10-20-32(29)35/h1-23H. The second kappa shape index (κ2) is 8.22. The molecule has 0 heterocycles. The van der Waals surface area contributed by atoms with E-state index in [2.05, 4.69) is 127 Å². The maximum Gasteiger partial charge on any atom is 0.0719 e. The highest BCUT2D eigenvalue weighted by Gasteiger charge is 2.46. The van der Waals surface area contributed by atoms with Gasteiger partial charge in [0.15, 0.2) is 0 Å². The summed E-state index contributed by atoms with van der Waals surface area (Å²) >= 11 is 6.68. The lowest BCUT2D eigenvalue weighted by molar-refractivity contribution is 0.776. The SMILES string of the molecule is Clc1ccccc1-c1ccc(C2(c3ccccc3)c3ccccc3-c3ccccc32)c2ccccc12. The monoisotopic (exact) mass is 478 g/mol. The van der Waals surface area contributed by atoms with Gasteiger partial charge in [0.25, 0.3) is 0 Å². The molecule has 0 radical (unpaired) electrons. The van der Waals surface area contributed by atoms with Crippen LogP contribution in [0.25, 0.3) is 33.0 Å². The summed E-state index contributed by atoms with van der Waals surface area (Å²) < 4.78 is 0. The molecule has 1 heteroatoms. The molecule has 1 aliphatic carbocycles. The fraction of sp³-hybridized carbons (Fsp3) is 0.0286. The summed E-state index contributed by atoms with van der Waals surface area (Å²) in [6, 6.07) is 50.2. The van der Waals surface area contributed by atoms with Crippen molar-refractivity contribution in [3.8, 4) is 22.3 Å². The lowest BCUT2D eigenvalue weighted by Crippen LogP contribution is -2.28. The van der Waals surface area contributed by atoms with Crippen LogP contribution in [0.5, 0.6) is 0 Å². The van der Waals surface area contributed by atoms with Gasteiger partial charge in [-0.2, -0.15) is 0 Å². The Balaban J connectivity index is 1.65. The van der Waals surface area contributed by atoms with Gasteiger partial charge in [0, 0.05) is 10.6 Å². The Morgan fingerprint density at radius 2 is 0.889 bits per heavy atom. The highest BCUT2D eigenvalue weighted by molar-refractivity contribution is 6.33. The maximum atomic E-state index is 6.68. The van der Waals surface area contributed by atoms with Crippen LogP contribution in [0.4, 0.5) is 0 Å². The molecule has 6 aromatic carbocycles. The first-order valence-corrected chi connectivity index (χ1v) is 12.7. The van der Waals surface area contributed by atoms with Crippen LogP contribution in [0.1, 0.15) is 22.3 Å². The second-order valence-electron chi connectivity index (χ2n) is 9.39. The molecule has 0 saturated carbocycles. The van der Waals surface area contributed by atoms with Crippen LogP contribution in [-0.4, -0.2) is 0 Å². The zero-order chi connectivity index (χ0) is 24.1. The van der Waals surface area contributed by atoms with E-state index in [0.29, 0.717) is 0 Å². The molecule has 0 spiro atoms. The van der Waals surface area contributed by atoms with Gasteiger partial charge in [0.2, 0.25) is 0 Å². The van der Waals surface area contributed by atoms with Crippen molar-refractivity contribution in [1.29, 1.82) is 0 Å². The van der Waals surface area contributed by atoms with Crippen molar-refractivity contribution < 1.29 is 0 Å². The Morgan fingerprint density at radius 3 is 1.56 bits per heavy atom. The normalized spacial score (nSPS) is 13.4. The molecule has 0 fully saturated rings. The summed E-state index contributed by atoms with van der Waals surface area (Å²) in [5.74, 6) is 0. The molecular formula is C35H23Cl. The van der Waals surface area contributed by atoms with E-state index < -0.39 is 5.41 Å². The smallest absolute Gasteiger partial charge is 0.0719 e. The summed E-state index contributed by atoms with van der Waals surface area (Å²) in [6.07, 6.45) is 0. The number of fused-ring (bicyclic) bond motifs is 4. The van der Waals surface area contributed by atoms with Crippen molar-refractivity contribution >= 4 is 22.4 Å². The Bertz CT molecular complexity index is 1700. The van der Waals surface area contributed by atoms with Crippen molar-refractivity contribution in [3.05, 3.63) is 167 Å². The van der Waals surface area contributed by atoms with E-state index in [1.807, 2.05) is 12.1 Å². The summed E-state index contributed by atoms with van der Waals surface area (Å²) in [7, 11) is 0. The average Bonchev–Trinajstić information content (AvgIpc) is 3.25. The van der Waals surface area contributed by atoms with Gasteiger partial charge in [-0.05, 0) is 55.8 Å². The summed E-state index contributed by atoms with van der Waals surface area (Å²) in [5.41, 5.74) is 9.61. The van der Waals surface area contributed by atoms with E-state index in [1.54, 1.807) is 0 Å². The van der Waals surface area contributed by atoms with Gasteiger partial charge < -0.3 is 0 Å². The van der Waals surface area contributed by atoms with Crippen molar-refractivity contribution in [2.75, 3.05) is 0 Å². The molecule has 0 unspecified atom stereocenters. The van der Waals surface area contributed by atoms with E-state index in [1.165, 1.54) is 44.2 Å². The van der Waals surface area contributed by atoms with E-state index in [4.69, 9.17) is 11.6 Å². The van der Waals surface area contributed by atoms with Crippen molar-refractivity contribution in [2.24, 2.45) is 0 Å². The van der Waals surface area contributed by atoms with Crippen LogP contribution in [-0.2, 0) is 5.41 Å². The van der Waals surface area contributed by atoms with E-state index in [-0.39, 0.29) is 0 Å². The molecule has 0 aliphatic heterocycles. The minimum atomic E-state index is -0.424. The Hall–Kier alpha value is -4.13. The first-order valence-electron chi connectivity index (χ1n) is 12.3. The minimum absolute atomic E-state index is 0.424. The molecule has 0 aromatic heterocycles. The van der Waals surface area contributed by atoms with Crippen molar-refractivity contribution in [2.45, 2.75) is 5.41 Å². The Kier molecular flexibility index (Phi) is 4.84. The largest absolute Gasteiger partial charge is 0.0837 e. The zero-order valence-corrected chi connectivity index (χ0v) is 20.4. The molecule has 0 bridgehead atoms. The topological polar surface area (TPSA) is 0 Å².